The van der Waals surface area contributed by atoms with Gasteiger partial charge in [0.2, 0.25) is 5.95 Å². The van der Waals surface area contributed by atoms with Gasteiger partial charge < -0.3 is 5.73 Å². The van der Waals surface area contributed by atoms with E-state index in [1.54, 1.807) is 0 Å². The van der Waals surface area contributed by atoms with E-state index in [0.29, 0.717) is 11.9 Å². The Hall–Kier alpha value is -2.29. The van der Waals surface area contributed by atoms with Crippen molar-refractivity contribution in [3.8, 4) is 5.69 Å². The first-order valence-corrected chi connectivity index (χ1v) is 6.50. The van der Waals surface area contributed by atoms with Crippen molar-refractivity contribution in [3.63, 3.8) is 0 Å². The van der Waals surface area contributed by atoms with E-state index in [2.05, 4.69) is 43.1 Å². The number of hydrogen-bond acceptors (Lipinski definition) is 2. The van der Waals surface area contributed by atoms with Crippen LogP contribution in [0.5, 0.6) is 0 Å². The number of aromatic nitrogens is 2. The van der Waals surface area contributed by atoms with E-state index >= 15 is 0 Å². The third kappa shape index (κ3) is 1.87. The van der Waals surface area contributed by atoms with Gasteiger partial charge in [0.25, 0.3) is 0 Å². The summed E-state index contributed by atoms with van der Waals surface area (Å²) in [5, 5.41) is 0. The molecule has 0 aliphatic rings. The number of fused-ring (bicyclic) bond motifs is 1. The molecule has 3 heteroatoms. The molecule has 0 spiro atoms. The van der Waals surface area contributed by atoms with Crippen LogP contribution in [0.2, 0.25) is 0 Å². The molecule has 96 valence electrons. The van der Waals surface area contributed by atoms with Gasteiger partial charge in [-0.3, -0.25) is 4.57 Å². The minimum atomic E-state index is 0.441. The second-order valence-corrected chi connectivity index (χ2v) is 5.01. The molecule has 0 saturated heterocycles. The summed E-state index contributed by atoms with van der Waals surface area (Å²) in [6.45, 7) is 4.38. The van der Waals surface area contributed by atoms with Crippen molar-refractivity contribution in [1.29, 1.82) is 0 Å². The van der Waals surface area contributed by atoms with Gasteiger partial charge in [-0.25, -0.2) is 4.98 Å². The minimum absolute atomic E-state index is 0.441. The number of imidazole rings is 1. The number of nitrogens with zero attached hydrogens (tertiary/aromatic N) is 2. The topological polar surface area (TPSA) is 43.8 Å². The van der Waals surface area contributed by atoms with E-state index in [0.717, 1.165) is 16.7 Å². The maximum atomic E-state index is 6.11. The number of para-hydroxylation sites is 3. The van der Waals surface area contributed by atoms with E-state index in [1.165, 1.54) is 5.56 Å². The number of nitrogens with two attached hydrogens (primary N) is 1. The quantitative estimate of drug-likeness (QED) is 0.754. The molecule has 0 aliphatic heterocycles. The number of rotatable bonds is 2. The molecule has 0 amide bonds. The van der Waals surface area contributed by atoms with Gasteiger partial charge in [-0.05, 0) is 29.7 Å². The van der Waals surface area contributed by atoms with E-state index in [-0.39, 0.29) is 0 Å². The van der Waals surface area contributed by atoms with Crippen LogP contribution in [0.25, 0.3) is 16.7 Å². The SMILES string of the molecule is CC(C)c1ccccc1-n1c(N)nc2ccccc21. The Labute approximate surface area is 112 Å². The number of benzene rings is 2. The van der Waals surface area contributed by atoms with Gasteiger partial charge in [0.1, 0.15) is 0 Å². The summed E-state index contributed by atoms with van der Waals surface area (Å²) in [6.07, 6.45) is 0. The largest absolute Gasteiger partial charge is 0.369 e. The molecule has 0 aliphatic carbocycles. The lowest BCUT2D eigenvalue weighted by molar-refractivity contribution is 0.851. The molecular formula is C16H17N3. The molecule has 3 rings (SSSR count). The highest BCUT2D eigenvalue weighted by Crippen LogP contribution is 2.28. The molecular weight excluding hydrogens is 234 g/mol. The number of hydrogen-bond donors (Lipinski definition) is 1. The van der Waals surface area contributed by atoms with Crippen molar-refractivity contribution >= 4 is 17.0 Å². The molecule has 19 heavy (non-hydrogen) atoms. The highest BCUT2D eigenvalue weighted by molar-refractivity contribution is 5.81. The summed E-state index contributed by atoms with van der Waals surface area (Å²) < 4.78 is 2.03. The Morgan fingerprint density at radius 3 is 2.47 bits per heavy atom. The Morgan fingerprint density at radius 2 is 1.68 bits per heavy atom. The zero-order chi connectivity index (χ0) is 13.4. The molecule has 2 N–H and O–H groups in total. The first-order valence-electron chi connectivity index (χ1n) is 6.50. The van der Waals surface area contributed by atoms with Crippen LogP contribution in [-0.4, -0.2) is 9.55 Å². The number of nitrogen functional groups attached to an aromatic ring is 1. The molecule has 1 heterocycles. The fourth-order valence-electron chi connectivity index (χ4n) is 2.48. The summed E-state index contributed by atoms with van der Waals surface area (Å²) in [5.74, 6) is 0.978. The lowest BCUT2D eigenvalue weighted by atomic mass is 10.0. The maximum Gasteiger partial charge on any atom is 0.205 e. The zero-order valence-electron chi connectivity index (χ0n) is 11.2. The fourth-order valence-corrected chi connectivity index (χ4v) is 2.48. The van der Waals surface area contributed by atoms with Crippen molar-refractivity contribution in [2.75, 3.05) is 5.73 Å². The predicted molar refractivity (Wildman–Crippen MR) is 79.6 cm³/mol. The fraction of sp³-hybridized carbons (Fsp3) is 0.188. The minimum Gasteiger partial charge on any atom is -0.369 e. The molecule has 2 aromatic carbocycles. The van der Waals surface area contributed by atoms with Crippen LogP contribution in [0.4, 0.5) is 5.95 Å². The van der Waals surface area contributed by atoms with Crippen molar-refractivity contribution in [1.82, 2.24) is 9.55 Å². The van der Waals surface area contributed by atoms with E-state index in [9.17, 15) is 0 Å². The van der Waals surface area contributed by atoms with Crippen LogP contribution in [0.15, 0.2) is 48.5 Å². The third-order valence-electron chi connectivity index (χ3n) is 3.39. The van der Waals surface area contributed by atoms with E-state index in [1.807, 2.05) is 28.8 Å². The Morgan fingerprint density at radius 1 is 1.00 bits per heavy atom. The molecule has 0 atom stereocenters. The smallest absolute Gasteiger partial charge is 0.205 e. The molecule has 0 fully saturated rings. The lowest BCUT2D eigenvalue weighted by Gasteiger charge is -2.15. The van der Waals surface area contributed by atoms with E-state index in [4.69, 9.17) is 5.73 Å². The summed E-state index contributed by atoms with van der Waals surface area (Å²) in [5.41, 5.74) is 10.5. The first-order chi connectivity index (χ1) is 9.18. The van der Waals surface area contributed by atoms with Crippen molar-refractivity contribution in [2.24, 2.45) is 0 Å². The van der Waals surface area contributed by atoms with Gasteiger partial charge in [-0.15, -0.1) is 0 Å². The normalized spacial score (nSPS) is 11.3. The van der Waals surface area contributed by atoms with Crippen LogP contribution >= 0.6 is 0 Å². The summed E-state index contributed by atoms with van der Waals surface area (Å²) >= 11 is 0. The standard InChI is InChI=1S/C16H17N3/c1-11(2)12-7-3-5-9-14(12)19-15-10-6-4-8-13(15)18-16(19)17/h3-11H,1-2H3,(H2,17,18). The van der Waals surface area contributed by atoms with Crippen molar-refractivity contribution in [2.45, 2.75) is 19.8 Å². The van der Waals surface area contributed by atoms with E-state index < -0.39 is 0 Å². The average molecular weight is 251 g/mol. The first kappa shape index (κ1) is 11.8. The van der Waals surface area contributed by atoms with Crippen molar-refractivity contribution in [3.05, 3.63) is 54.1 Å². The number of anilines is 1. The zero-order valence-corrected chi connectivity index (χ0v) is 11.2. The lowest BCUT2D eigenvalue weighted by Crippen LogP contribution is -2.04. The molecule has 0 radical (unpaired) electrons. The molecule has 1 aromatic heterocycles. The van der Waals surface area contributed by atoms with Gasteiger partial charge in [-0.2, -0.15) is 0 Å². The van der Waals surface area contributed by atoms with Gasteiger partial charge in [0, 0.05) is 0 Å². The van der Waals surface area contributed by atoms with Gasteiger partial charge in [-0.1, -0.05) is 44.2 Å². The second kappa shape index (κ2) is 4.43. The second-order valence-electron chi connectivity index (χ2n) is 5.01. The Balaban J connectivity index is 2.33. The summed E-state index contributed by atoms with van der Waals surface area (Å²) in [6, 6.07) is 16.4. The Kier molecular flexibility index (Phi) is 2.75. The highest BCUT2D eigenvalue weighted by atomic mass is 15.2. The van der Waals surface area contributed by atoms with Crippen LogP contribution in [0.3, 0.4) is 0 Å². The molecule has 0 saturated carbocycles. The van der Waals surface area contributed by atoms with Crippen LogP contribution < -0.4 is 5.73 Å². The predicted octanol–water partition coefficient (Wildman–Crippen LogP) is 3.73. The maximum absolute atomic E-state index is 6.11. The monoisotopic (exact) mass is 251 g/mol. The molecule has 0 bridgehead atoms. The highest BCUT2D eigenvalue weighted by Gasteiger charge is 2.13. The molecule has 0 unspecified atom stereocenters. The van der Waals surface area contributed by atoms with Crippen LogP contribution in [0.1, 0.15) is 25.3 Å². The van der Waals surface area contributed by atoms with Crippen molar-refractivity contribution < 1.29 is 0 Å². The van der Waals surface area contributed by atoms with Crippen LogP contribution in [-0.2, 0) is 0 Å². The molecule has 3 aromatic rings. The van der Waals surface area contributed by atoms with Crippen LogP contribution in [0, 0.1) is 0 Å². The summed E-state index contributed by atoms with van der Waals surface area (Å²) in [7, 11) is 0. The van der Waals surface area contributed by atoms with Gasteiger partial charge in [0.05, 0.1) is 16.7 Å². The average Bonchev–Trinajstić information content (AvgIpc) is 2.74. The molecule has 3 nitrogen and oxygen atoms in total. The third-order valence-corrected chi connectivity index (χ3v) is 3.39. The van der Waals surface area contributed by atoms with Gasteiger partial charge in [0.15, 0.2) is 0 Å². The van der Waals surface area contributed by atoms with Gasteiger partial charge >= 0.3 is 0 Å². The summed E-state index contributed by atoms with van der Waals surface area (Å²) in [4.78, 5) is 4.43. The Bertz CT molecular complexity index is 726.